The molecule has 0 aromatic carbocycles. The first-order valence-electron chi connectivity index (χ1n) is 4.42. The quantitative estimate of drug-likeness (QED) is 0.590. The normalized spacial score (nSPS) is 11.1. The second kappa shape index (κ2) is 5.81. The van der Waals surface area contributed by atoms with Crippen LogP contribution in [-0.2, 0) is 4.79 Å². The van der Waals surface area contributed by atoms with Crippen LogP contribution in [0.1, 0.15) is 26.7 Å². The van der Waals surface area contributed by atoms with E-state index < -0.39 is 0 Å². The van der Waals surface area contributed by atoms with E-state index in [0.717, 1.165) is 12.8 Å². The highest BCUT2D eigenvalue weighted by Crippen LogP contribution is 2.03. The molecular weight excluding hydrogens is 150 g/mol. The number of carbonyl (C=O) groups is 1. The van der Waals surface area contributed by atoms with E-state index in [4.69, 9.17) is 0 Å². The zero-order valence-corrected chi connectivity index (χ0v) is 8.50. The third-order valence-electron chi connectivity index (χ3n) is 1.61. The van der Waals surface area contributed by atoms with Crippen molar-refractivity contribution in [2.75, 3.05) is 14.1 Å². The van der Waals surface area contributed by atoms with Gasteiger partial charge in [-0.15, -0.1) is 0 Å². The van der Waals surface area contributed by atoms with Gasteiger partial charge in [0.15, 0.2) is 0 Å². The second-order valence-electron chi connectivity index (χ2n) is 3.61. The molecule has 0 spiro atoms. The lowest BCUT2D eigenvalue weighted by molar-refractivity contribution is -0.123. The second-order valence-corrected chi connectivity index (χ2v) is 3.61. The number of hydrogen-bond acceptors (Lipinski definition) is 1. The Bertz CT molecular complexity index is 159. The summed E-state index contributed by atoms with van der Waals surface area (Å²) in [6.07, 6.45) is 5.74. The summed E-state index contributed by atoms with van der Waals surface area (Å²) in [6.45, 7) is 4.36. The first-order valence-corrected chi connectivity index (χ1v) is 4.42. The van der Waals surface area contributed by atoms with Gasteiger partial charge in [0.2, 0.25) is 5.91 Å². The summed E-state index contributed by atoms with van der Waals surface area (Å²) in [5, 5.41) is 0. The van der Waals surface area contributed by atoms with Crippen LogP contribution in [-0.4, -0.2) is 24.9 Å². The molecule has 0 N–H and O–H groups in total. The van der Waals surface area contributed by atoms with Crippen molar-refractivity contribution >= 4 is 5.91 Å². The molecule has 0 aliphatic rings. The summed E-state index contributed by atoms with van der Waals surface area (Å²) in [5.74, 6) is 0.780. The number of allylic oxidation sites excluding steroid dienone is 1. The Labute approximate surface area is 75.3 Å². The fraction of sp³-hybridized carbons (Fsp3) is 0.700. The van der Waals surface area contributed by atoms with E-state index in [-0.39, 0.29) is 5.91 Å². The summed E-state index contributed by atoms with van der Waals surface area (Å²) in [6, 6.07) is 0. The topological polar surface area (TPSA) is 20.3 Å². The summed E-state index contributed by atoms with van der Waals surface area (Å²) in [4.78, 5) is 12.6. The summed E-state index contributed by atoms with van der Waals surface area (Å²) in [7, 11) is 3.52. The number of likely N-dealkylation sites (N-methyl/N-ethyl adjacent to an activating group) is 1. The van der Waals surface area contributed by atoms with Gasteiger partial charge in [-0.2, -0.15) is 0 Å². The minimum atomic E-state index is 0.0683. The molecule has 0 fully saturated rings. The Morgan fingerprint density at radius 1 is 1.42 bits per heavy atom. The first kappa shape index (κ1) is 11.2. The summed E-state index contributed by atoms with van der Waals surface area (Å²) >= 11 is 0. The Hall–Kier alpha value is -0.790. The van der Waals surface area contributed by atoms with Gasteiger partial charge in [0.25, 0.3) is 0 Å². The molecule has 2 nitrogen and oxygen atoms in total. The van der Waals surface area contributed by atoms with E-state index in [0.29, 0.717) is 5.92 Å². The van der Waals surface area contributed by atoms with Gasteiger partial charge in [-0.3, -0.25) is 4.79 Å². The van der Waals surface area contributed by atoms with Crippen LogP contribution in [0.4, 0.5) is 0 Å². The molecule has 0 saturated heterocycles. The average molecular weight is 169 g/mol. The van der Waals surface area contributed by atoms with Crippen molar-refractivity contribution in [1.82, 2.24) is 4.90 Å². The van der Waals surface area contributed by atoms with Crippen LogP contribution in [0.15, 0.2) is 12.2 Å². The predicted octanol–water partition coefficient (Wildman–Crippen LogP) is 2.07. The maximum absolute atomic E-state index is 11.0. The van der Waals surface area contributed by atoms with Gasteiger partial charge in [0, 0.05) is 14.1 Å². The van der Waals surface area contributed by atoms with Gasteiger partial charge in [-0.25, -0.2) is 0 Å². The molecule has 0 rings (SSSR count). The number of carbonyl (C=O) groups excluding carboxylic acids is 1. The van der Waals surface area contributed by atoms with E-state index in [2.05, 4.69) is 13.8 Å². The Balaban J connectivity index is 3.55. The molecule has 0 saturated carbocycles. The van der Waals surface area contributed by atoms with E-state index in [1.54, 1.807) is 25.1 Å². The Kier molecular flexibility index (Phi) is 5.43. The Morgan fingerprint density at radius 3 is 2.42 bits per heavy atom. The van der Waals surface area contributed by atoms with Crippen LogP contribution in [0.25, 0.3) is 0 Å². The van der Waals surface area contributed by atoms with Gasteiger partial charge < -0.3 is 4.90 Å². The highest BCUT2D eigenvalue weighted by Gasteiger charge is 1.96. The van der Waals surface area contributed by atoms with Crippen molar-refractivity contribution in [3.8, 4) is 0 Å². The maximum Gasteiger partial charge on any atom is 0.245 e. The lowest BCUT2D eigenvalue weighted by atomic mass is 10.1. The molecule has 12 heavy (non-hydrogen) atoms. The van der Waals surface area contributed by atoms with Crippen LogP contribution in [0.3, 0.4) is 0 Å². The molecule has 0 aromatic rings. The lowest BCUT2D eigenvalue weighted by Gasteiger charge is -2.05. The number of amides is 1. The molecule has 0 unspecified atom stereocenters. The Morgan fingerprint density at radius 2 is 2.00 bits per heavy atom. The third-order valence-corrected chi connectivity index (χ3v) is 1.61. The summed E-state index contributed by atoms with van der Waals surface area (Å²) in [5.41, 5.74) is 0. The number of hydrogen-bond donors (Lipinski definition) is 0. The van der Waals surface area contributed by atoms with Gasteiger partial charge in [-0.05, 0) is 24.8 Å². The number of rotatable bonds is 4. The SMILES string of the molecule is CC(C)CC/C=C/C(=O)N(C)C. The highest BCUT2D eigenvalue weighted by molar-refractivity contribution is 5.86. The smallest absolute Gasteiger partial charge is 0.245 e. The molecule has 70 valence electrons. The molecule has 0 aromatic heterocycles. The molecule has 1 amide bonds. The first-order chi connectivity index (χ1) is 5.54. The highest BCUT2D eigenvalue weighted by atomic mass is 16.2. The predicted molar refractivity (Wildman–Crippen MR) is 51.9 cm³/mol. The van der Waals surface area contributed by atoms with E-state index in [1.165, 1.54) is 0 Å². The van der Waals surface area contributed by atoms with Crippen LogP contribution >= 0.6 is 0 Å². The van der Waals surface area contributed by atoms with Crippen LogP contribution in [0, 0.1) is 5.92 Å². The largest absolute Gasteiger partial charge is 0.345 e. The van der Waals surface area contributed by atoms with E-state index in [9.17, 15) is 4.79 Å². The van der Waals surface area contributed by atoms with Crippen molar-refractivity contribution in [2.24, 2.45) is 5.92 Å². The molecule has 0 atom stereocenters. The van der Waals surface area contributed by atoms with Gasteiger partial charge >= 0.3 is 0 Å². The van der Waals surface area contributed by atoms with Gasteiger partial charge in [0.05, 0.1) is 0 Å². The summed E-state index contributed by atoms with van der Waals surface area (Å²) < 4.78 is 0. The van der Waals surface area contributed by atoms with Crippen LogP contribution in [0.2, 0.25) is 0 Å². The third kappa shape index (κ3) is 5.96. The average Bonchev–Trinajstić information content (AvgIpc) is 1.97. The minimum absolute atomic E-state index is 0.0683. The van der Waals surface area contributed by atoms with Gasteiger partial charge in [0.1, 0.15) is 0 Å². The zero-order valence-electron chi connectivity index (χ0n) is 8.50. The molecule has 0 heterocycles. The fourth-order valence-electron chi connectivity index (χ4n) is 0.763. The molecule has 2 heteroatoms. The van der Waals surface area contributed by atoms with Gasteiger partial charge in [-0.1, -0.05) is 19.9 Å². The fourth-order valence-corrected chi connectivity index (χ4v) is 0.763. The minimum Gasteiger partial charge on any atom is -0.345 e. The molecule has 0 aliphatic heterocycles. The van der Waals surface area contributed by atoms with Crippen molar-refractivity contribution in [1.29, 1.82) is 0 Å². The molecule has 0 bridgehead atoms. The van der Waals surface area contributed by atoms with E-state index in [1.807, 2.05) is 6.08 Å². The monoisotopic (exact) mass is 169 g/mol. The van der Waals surface area contributed by atoms with Crippen molar-refractivity contribution in [2.45, 2.75) is 26.7 Å². The molecule has 0 radical (unpaired) electrons. The van der Waals surface area contributed by atoms with E-state index >= 15 is 0 Å². The van der Waals surface area contributed by atoms with Crippen molar-refractivity contribution in [3.63, 3.8) is 0 Å². The zero-order chi connectivity index (χ0) is 9.56. The van der Waals surface area contributed by atoms with Crippen molar-refractivity contribution in [3.05, 3.63) is 12.2 Å². The standard InChI is InChI=1S/C10H19NO/c1-9(2)7-5-6-8-10(12)11(3)4/h6,8-9H,5,7H2,1-4H3/b8-6+. The maximum atomic E-state index is 11.0. The number of nitrogens with zero attached hydrogens (tertiary/aromatic N) is 1. The molecule has 0 aliphatic carbocycles. The van der Waals surface area contributed by atoms with Crippen LogP contribution in [0.5, 0.6) is 0 Å². The van der Waals surface area contributed by atoms with Crippen molar-refractivity contribution < 1.29 is 4.79 Å². The lowest BCUT2D eigenvalue weighted by Crippen LogP contribution is -2.18. The van der Waals surface area contributed by atoms with Crippen LogP contribution < -0.4 is 0 Å². The molecular formula is C10H19NO.